The molecule has 0 aromatic rings. The zero-order chi connectivity index (χ0) is 8.27. The summed E-state index contributed by atoms with van der Waals surface area (Å²) in [7, 11) is 0. The second kappa shape index (κ2) is 3.53. The van der Waals surface area contributed by atoms with Gasteiger partial charge in [0, 0.05) is 0 Å². The van der Waals surface area contributed by atoms with Gasteiger partial charge in [0.15, 0.2) is 0 Å². The molecule has 0 saturated heterocycles. The van der Waals surface area contributed by atoms with Crippen molar-refractivity contribution in [1.29, 1.82) is 0 Å². The molecule has 0 aromatic heterocycles. The fraction of sp³-hybridized carbons (Fsp3) is 0.625. The number of hydrogen-bond donors (Lipinski definition) is 2. The van der Waals surface area contributed by atoms with Crippen LogP contribution in [-0.2, 0) is 4.79 Å². The molecule has 0 bridgehead atoms. The number of carboxylic acids is 1. The van der Waals surface area contributed by atoms with Gasteiger partial charge < -0.3 is 10.8 Å². The predicted octanol–water partition coefficient (Wildman–Crippen LogP) is 0.755. The summed E-state index contributed by atoms with van der Waals surface area (Å²) in [6.45, 7) is 0. The first kappa shape index (κ1) is 8.27. The molecule has 1 aliphatic rings. The van der Waals surface area contributed by atoms with Crippen LogP contribution in [0.1, 0.15) is 19.3 Å². The van der Waals surface area contributed by atoms with Gasteiger partial charge in [-0.05, 0) is 18.8 Å². The maximum atomic E-state index is 10.2. The van der Waals surface area contributed by atoms with Gasteiger partial charge in [-0.2, -0.15) is 0 Å². The average Bonchev–Trinajstić information content (AvgIpc) is 1.83. The monoisotopic (exact) mass is 155 g/mol. The van der Waals surface area contributed by atoms with Crippen LogP contribution in [0.25, 0.3) is 0 Å². The van der Waals surface area contributed by atoms with Crippen LogP contribution in [0.3, 0.4) is 0 Å². The van der Waals surface area contributed by atoms with Crippen molar-refractivity contribution in [3.05, 3.63) is 12.2 Å². The standard InChI is InChI=1S/C8H13NO2/c9-7(8(10)11)5-4-6-2-1-3-6/h4-7H,1-3,9H2,(H,10,11)/t7-/m0/s1. The third kappa shape index (κ3) is 2.35. The van der Waals surface area contributed by atoms with E-state index in [4.69, 9.17) is 10.8 Å². The summed E-state index contributed by atoms with van der Waals surface area (Å²) in [6.07, 6.45) is 7.12. The first-order valence-electron chi connectivity index (χ1n) is 3.87. The molecular formula is C8H13NO2. The first-order valence-corrected chi connectivity index (χ1v) is 3.87. The van der Waals surface area contributed by atoms with Crippen LogP contribution in [0.2, 0.25) is 0 Å². The van der Waals surface area contributed by atoms with Crippen LogP contribution in [0.5, 0.6) is 0 Å². The smallest absolute Gasteiger partial charge is 0.324 e. The molecule has 0 aliphatic heterocycles. The van der Waals surface area contributed by atoms with E-state index in [1.807, 2.05) is 6.08 Å². The number of carbonyl (C=O) groups is 1. The largest absolute Gasteiger partial charge is 0.480 e. The highest BCUT2D eigenvalue weighted by Crippen LogP contribution is 2.27. The van der Waals surface area contributed by atoms with Crippen molar-refractivity contribution in [2.24, 2.45) is 11.7 Å². The number of carboxylic acid groups (broad SMARTS) is 1. The summed E-state index contributed by atoms with van der Waals surface area (Å²) in [6, 6.07) is -0.824. The lowest BCUT2D eigenvalue weighted by Gasteiger charge is -2.21. The first-order chi connectivity index (χ1) is 5.20. The fourth-order valence-corrected chi connectivity index (χ4v) is 0.991. The number of allylic oxidation sites excluding steroid dienone is 1. The zero-order valence-electron chi connectivity index (χ0n) is 6.36. The van der Waals surface area contributed by atoms with Gasteiger partial charge >= 0.3 is 5.97 Å². The topological polar surface area (TPSA) is 63.3 Å². The molecule has 0 unspecified atom stereocenters. The molecule has 3 heteroatoms. The molecular weight excluding hydrogens is 142 g/mol. The van der Waals surface area contributed by atoms with E-state index in [0.717, 1.165) is 0 Å². The Hall–Kier alpha value is -0.830. The van der Waals surface area contributed by atoms with Gasteiger partial charge in [0.05, 0.1) is 0 Å². The number of nitrogens with two attached hydrogens (primary N) is 1. The second-order valence-electron chi connectivity index (χ2n) is 2.94. The SMILES string of the molecule is N[C@@H](C=CC1CCC1)C(=O)O. The lowest BCUT2D eigenvalue weighted by Crippen LogP contribution is -2.27. The fourth-order valence-electron chi connectivity index (χ4n) is 0.991. The molecule has 11 heavy (non-hydrogen) atoms. The highest BCUT2D eigenvalue weighted by molar-refractivity contribution is 5.75. The maximum Gasteiger partial charge on any atom is 0.324 e. The van der Waals surface area contributed by atoms with Gasteiger partial charge in [0.25, 0.3) is 0 Å². The molecule has 0 amide bonds. The Balaban J connectivity index is 2.27. The molecule has 1 saturated carbocycles. The highest BCUT2D eigenvalue weighted by Gasteiger charge is 2.14. The van der Waals surface area contributed by atoms with E-state index in [0.29, 0.717) is 5.92 Å². The Morgan fingerprint density at radius 1 is 1.64 bits per heavy atom. The average molecular weight is 155 g/mol. The molecule has 0 spiro atoms. The molecule has 0 radical (unpaired) electrons. The van der Waals surface area contributed by atoms with E-state index in [-0.39, 0.29) is 0 Å². The Morgan fingerprint density at radius 3 is 2.64 bits per heavy atom. The van der Waals surface area contributed by atoms with Crippen LogP contribution in [0, 0.1) is 5.92 Å². The highest BCUT2D eigenvalue weighted by atomic mass is 16.4. The van der Waals surface area contributed by atoms with Crippen LogP contribution in [-0.4, -0.2) is 17.1 Å². The Bertz CT molecular complexity index is 173. The molecule has 1 atom stereocenters. The summed E-state index contributed by atoms with van der Waals surface area (Å²) in [5, 5.41) is 8.41. The molecule has 0 heterocycles. The van der Waals surface area contributed by atoms with Crippen LogP contribution >= 0.6 is 0 Å². The molecule has 3 N–H and O–H groups in total. The predicted molar refractivity (Wildman–Crippen MR) is 42.1 cm³/mol. The zero-order valence-corrected chi connectivity index (χ0v) is 6.36. The number of aliphatic carboxylic acids is 1. The number of hydrogen-bond acceptors (Lipinski definition) is 2. The minimum absolute atomic E-state index is 0.584. The van der Waals surface area contributed by atoms with E-state index < -0.39 is 12.0 Å². The molecule has 1 fully saturated rings. The van der Waals surface area contributed by atoms with Crippen molar-refractivity contribution in [2.45, 2.75) is 25.3 Å². The van der Waals surface area contributed by atoms with Crippen molar-refractivity contribution < 1.29 is 9.90 Å². The van der Waals surface area contributed by atoms with E-state index in [1.165, 1.54) is 19.3 Å². The van der Waals surface area contributed by atoms with Crippen LogP contribution in [0.4, 0.5) is 0 Å². The summed E-state index contributed by atoms with van der Waals surface area (Å²) < 4.78 is 0. The third-order valence-electron chi connectivity index (χ3n) is 2.03. The van der Waals surface area contributed by atoms with Crippen LogP contribution in [0.15, 0.2) is 12.2 Å². The van der Waals surface area contributed by atoms with Crippen molar-refractivity contribution in [3.63, 3.8) is 0 Å². The molecule has 1 aliphatic carbocycles. The summed E-state index contributed by atoms with van der Waals surface area (Å²) in [4.78, 5) is 10.2. The van der Waals surface area contributed by atoms with Crippen molar-refractivity contribution in [2.75, 3.05) is 0 Å². The minimum atomic E-state index is -0.958. The Kier molecular flexibility index (Phi) is 2.65. The normalized spacial score (nSPS) is 21.5. The van der Waals surface area contributed by atoms with Crippen LogP contribution < -0.4 is 5.73 Å². The minimum Gasteiger partial charge on any atom is -0.480 e. The summed E-state index contributed by atoms with van der Waals surface area (Å²) >= 11 is 0. The lowest BCUT2D eigenvalue weighted by atomic mass is 9.85. The van der Waals surface area contributed by atoms with Gasteiger partial charge in [-0.25, -0.2) is 0 Å². The molecule has 0 aromatic carbocycles. The van der Waals surface area contributed by atoms with E-state index in [9.17, 15) is 4.79 Å². The molecule has 3 nitrogen and oxygen atoms in total. The lowest BCUT2D eigenvalue weighted by molar-refractivity contribution is -0.137. The Labute approximate surface area is 65.9 Å². The van der Waals surface area contributed by atoms with Gasteiger partial charge in [-0.15, -0.1) is 0 Å². The van der Waals surface area contributed by atoms with E-state index >= 15 is 0 Å². The number of rotatable bonds is 3. The van der Waals surface area contributed by atoms with E-state index in [2.05, 4.69) is 0 Å². The van der Waals surface area contributed by atoms with Crippen molar-refractivity contribution in [1.82, 2.24) is 0 Å². The van der Waals surface area contributed by atoms with Gasteiger partial charge in [-0.3, -0.25) is 4.79 Å². The molecule has 62 valence electrons. The quantitative estimate of drug-likeness (QED) is 0.591. The van der Waals surface area contributed by atoms with Gasteiger partial charge in [0.2, 0.25) is 0 Å². The van der Waals surface area contributed by atoms with E-state index in [1.54, 1.807) is 6.08 Å². The molecule has 1 rings (SSSR count). The summed E-state index contributed by atoms with van der Waals surface area (Å²) in [5.41, 5.74) is 5.26. The van der Waals surface area contributed by atoms with Crippen molar-refractivity contribution >= 4 is 5.97 Å². The second-order valence-corrected chi connectivity index (χ2v) is 2.94. The van der Waals surface area contributed by atoms with Gasteiger partial charge in [0.1, 0.15) is 6.04 Å². The van der Waals surface area contributed by atoms with Gasteiger partial charge in [-0.1, -0.05) is 18.6 Å². The van der Waals surface area contributed by atoms with Crippen molar-refractivity contribution in [3.8, 4) is 0 Å². The maximum absolute atomic E-state index is 10.2. The summed E-state index contributed by atoms with van der Waals surface area (Å²) in [5.74, 6) is -0.374. The third-order valence-corrected chi connectivity index (χ3v) is 2.03. The Morgan fingerprint density at radius 2 is 2.27 bits per heavy atom.